The fourth-order valence-corrected chi connectivity index (χ4v) is 3.95. The number of thioether (sulfide) groups is 1. The van der Waals surface area contributed by atoms with Crippen molar-refractivity contribution in [2.45, 2.75) is 18.3 Å². The minimum absolute atomic E-state index is 0.0229. The van der Waals surface area contributed by atoms with Crippen molar-refractivity contribution >= 4 is 29.5 Å². The molecule has 1 aromatic rings. The normalized spacial score (nSPS) is 22.5. The summed E-state index contributed by atoms with van der Waals surface area (Å²) in [5.74, 6) is -0.864. The number of aliphatic carboxylic acids is 1. The van der Waals surface area contributed by atoms with Gasteiger partial charge in [0.25, 0.3) is 11.8 Å². The van der Waals surface area contributed by atoms with Gasteiger partial charge in [0.15, 0.2) is 6.61 Å². The van der Waals surface area contributed by atoms with E-state index in [0.29, 0.717) is 17.1 Å². The van der Waals surface area contributed by atoms with Gasteiger partial charge in [-0.25, -0.2) is 4.79 Å². The number of fused-ring (bicyclic) bond motifs is 1. The first-order valence-corrected chi connectivity index (χ1v) is 8.39. The van der Waals surface area contributed by atoms with Crippen molar-refractivity contribution in [3.8, 4) is 5.75 Å². The van der Waals surface area contributed by atoms with Crippen molar-refractivity contribution in [2.24, 2.45) is 0 Å². The van der Waals surface area contributed by atoms with Crippen molar-refractivity contribution in [3.05, 3.63) is 41.6 Å². The van der Waals surface area contributed by atoms with E-state index in [2.05, 4.69) is 5.32 Å². The van der Waals surface area contributed by atoms with Gasteiger partial charge in [0.05, 0.1) is 0 Å². The lowest BCUT2D eigenvalue weighted by molar-refractivity contribution is -0.150. The number of β-lactam (4-membered cyclic amide) rings is 1. The van der Waals surface area contributed by atoms with Gasteiger partial charge >= 0.3 is 5.97 Å². The fourth-order valence-electron chi connectivity index (χ4n) is 2.66. The Labute approximate surface area is 142 Å². The highest BCUT2D eigenvalue weighted by molar-refractivity contribution is 8.00. The Morgan fingerprint density at radius 3 is 2.75 bits per heavy atom. The number of amides is 2. The zero-order valence-corrected chi connectivity index (χ0v) is 13.7. The number of rotatable bonds is 5. The molecule has 1 fully saturated rings. The van der Waals surface area contributed by atoms with Crippen LogP contribution in [0.1, 0.15) is 6.92 Å². The highest BCUT2D eigenvalue weighted by Gasteiger charge is 2.53. The summed E-state index contributed by atoms with van der Waals surface area (Å²) >= 11 is 1.44. The van der Waals surface area contributed by atoms with Gasteiger partial charge in [-0.15, -0.1) is 11.8 Å². The SMILES string of the molecule is CC1=C(C(=O)O)N2C(=O)C(NC(=O)COc3ccccc3)[C@@H]2SC1. The highest BCUT2D eigenvalue weighted by atomic mass is 32.2. The van der Waals surface area contributed by atoms with Crippen molar-refractivity contribution < 1.29 is 24.2 Å². The molecule has 0 saturated carbocycles. The first kappa shape index (κ1) is 16.4. The predicted molar refractivity (Wildman–Crippen MR) is 87.3 cm³/mol. The third-order valence-corrected chi connectivity index (χ3v) is 5.22. The molecule has 2 N–H and O–H groups in total. The Bertz CT molecular complexity index is 718. The van der Waals surface area contributed by atoms with Gasteiger partial charge in [0.2, 0.25) is 0 Å². The largest absolute Gasteiger partial charge is 0.484 e. The Morgan fingerprint density at radius 2 is 2.08 bits per heavy atom. The zero-order valence-electron chi connectivity index (χ0n) is 12.9. The van der Waals surface area contributed by atoms with Crippen LogP contribution in [0.25, 0.3) is 0 Å². The number of nitrogens with zero attached hydrogens (tertiary/aromatic N) is 1. The summed E-state index contributed by atoms with van der Waals surface area (Å²) in [6.07, 6.45) is 0. The summed E-state index contributed by atoms with van der Waals surface area (Å²) in [6, 6.07) is 8.16. The average molecular weight is 348 g/mol. The average Bonchev–Trinajstić information content (AvgIpc) is 2.58. The molecule has 0 aromatic heterocycles. The fraction of sp³-hybridized carbons (Fsp3) is 0.312. The van der Waals surface area contributed by atoms with Crippen LogP contribution in [-0.4, -0.2) is 51.6 Å². The van der Waals surface area contributed by atoms with E-state index in [1.807, 2.05) is 6.07 Å². The minimum Gasteiger partial charge on any atom is -0.484 e. The molecular weight excluding hydrogens is 332 g/mol. The first-order chi connectivity index (χ1) is 11.5. The molecule has 2 atom stereocenters. The van der Waals surface area contributed by atoms with E-state index >= 15 is 0 Å². The molecule has 0 radical (unpaired) electrons. The summed E-state index contributed by atoms with van der Waals surface area (Å²) in [4.78, 5) is 36.8. The monoisotopic (exact) mass is 348 g/mol. The molecule has 0 bridgehead atoms. The number of hydrogen-bond acceptors (Lipinski definition) is 5. The quantitative estimate of drug-likeness (QED) is 0.765. The zero-order chi connectivity index (χ0) is 17.3. The number of hydrogen-bond donors (Lipinski definition) is 2. The van der Waals surface area contributed by atoms with Crippen LogP contribution in [0, 0.1) is 0 Å². The van der Waals surface area contributed by atoms with E-state index in [-0.39, 0.29) is 17.7 Å². The molecule has 24 heavy (non-hydrogen) atoms. The molecule has 1 aromatic carbocycles. The molecule has 1 unspecified atom stereocenters. The standard InChI is InChI=1S/C16H16N2O5S/c1-9-8-24-15-12(14(20)18(15)13(9)16(21)22)17-11(19)7-23-10-5-3-2-4-6-10/h2-6,12,15H,7-8H2,1H3,(H,17,19)(H,21,22)/t12?,15-/m0/s1. The lowest BCUT2D eigenvalue weighted by Crippen LogP contribution is -2.70. The number of carbonyl (C=O) groups excluding carboxylic acids is 2. The second-order valence-corrected chi connectivity index (χ2v) is 6.60. The Kier molecular flexibility index (Phi) is 4.48. The third-order valence-electron chi connectivity index (χ3n) is 3.79. The van der Waals surface area contributed by atoms with Crippen molar-refractivity contribution in [1.29, 1.82) is 0 Å². The van der Waals surface area contributed by atoms with Gasteiger partial charge in [-0.1, -0.05) is 18.2 Å². The maximum atomic E-state index is 12.2. The molecule has 2 heterocycles. The van der Waals surface area contributed by atoms with Crippen molar-refractivity contribution in [2.75, 3.05) is 12.4 Å². The summed E-state index contributed by atoms with van der Waals surface area (Å²) in [7, 11) is 0. The third kappa shape index (κ3) is 2.96. The Hall–Kier alpha value is -2.48. The Balaban J connectivity index is 1.59. The van der Waals surface area contributed by atoms with Gasteiger partial charge in [-0.05, 0) is 24.6 Å². The number of carboxylic acid groups (broad SMARTS) is 1. The maximum Gasteiger partial charge on any atom is 0.352 e. The van der Waals surface area contributed by atoms with Crippen LogP contribution in [0.4, 0.5) is 0 Å². The molecule has 2 aliphatic heterocycles. The molecule has 0 aliphatic carbocycles. The lowest BCUT2D eigenvalue weighted by atomic mass is 10.0. The number of nitrogens with one attached hydrogen (secondary N) is 1. The van der Waals surface area contributed by atoms with Crippen LogP contribution >= 0.6 is 11.8 Å². The molecule has 2 aliphatic rings. The number of para-hydroxylation sites is 1. The predicted octanol–water partition coefficient (Wildman–Crippen LogP) is 0.824. The van der Waals surface area contributed by atoms with Crippen LogP contribution in [0.3, 0.4) is 0 Å². The number of ether oxygens (including phenoxy) is 1. The molecule has 8 heteroatoms. The van der Waals surface area contributed by atoms with Crippen LogP contribution in [0.15, 0.2) is 41.6 Å². The number of carboxylic acids is 1. The molecule has 0 spiro atoms. The second-order valence-electron chi connectivity index (χ2n) is 5.49. The van der Waals surface area contributed by atoms with Gasteiger partial charge in [0, 0.05) is 5.75 Å². The van der Waals surface area contributed by atoms with E-state index in [9.17, 15) is 19.5 Å². The Morgan fingerprint density at radius 1 is 1.38 bits per heavy atom. The first-order valence-electron chi connectivity index (χ1n) is 7.34. The summed E-state index contributed by atoms with van der Waals surface area (Å²) in [6.45, 7) is 1.49. The molecule has 126 valence electrons. The summed E-state index contributed by atoms with van der Waals surface area (Å²) < 4.78 is 5.34. The maximum absolute atomic E-state index is 12.2. The van der Waals surface area contributed by atoms with E-state index in [4.69, 9.17) is 4.74 Å². The second kappa shape index (κ2) is 6.56. The molecule has 2 amide bonds. The summed E-state index contributed by atoms with van der Waals surface area (Å²) in [5, 5.41) is 11.5. The van der Waals surface area contributed by atoms with Gasteiger partial charge in [0.1, 0.15) is 22.9 Å². The summed E-state index contributed by atoms with van der Waals surface area (Å²) in [5.41, 5.74) is 0.670. The van der Waals surface area contributed by atoms with E-state index in [1.54, 1.807) is 31.2 Å². The topological polar surface area (TPSA) is 95.9 Å². The van der Waals surface area contributed by atoms with Crippen molar-refractivity contribution in [3.63, 3.8) is 0 Å². The van der Waals surface area contributed by atoms with Gasteiger partial charge < -0.3 is 15.2 Å². The van der Waals surface area contributed by atoms with Crippen LogP contribution < -0.4 is 10.1 Å². The minimum atomic E-state index is -1.12. The van der Waals surface area contributed by atoms with Crippen LogP contribution in [-0.2, 0) is 14.4 Å². The van der Waals surface area contributed by atoms with Crippen LogP contribution in [0.2, 0.25) is 0 Å². The van der Waals surface area contributed by atoms with Crippen molar-refractivity contribution in [1.82, 2.24) is 10.2 Å². The molecule has 7 nitrogen and oxygen atoms in total. The van der Waals surface area contributed by atoms with Gasteiger partial charge in [-0.2, -0.15) is 0 Å². The number of carbonyl (C=O) groups is 3. The molecular formula is C16H16N2O5S. The van der Waals surface area contributed by atoms with E-state index < -0.39 is 23.8 Å². The molecule has 1 saturated heterocycles. The van der Waals surface area contributed by atoms with E-state index in [1.165, 1.54) is 16.7 Å². The smallest absolute Gasteiger partial charge is 0.352 e. The van der Waals surface area contributed by atoms with E-state index in [0.717, 1.165) is 0 Å². The molecule has 3 rings (SSSR count). The highest BCUT2D eigenvalue weighted by Crippen LogP contribution is 2.40. The lowest BCUT2D eigenvalue weighted by Gasteiger charge is -2.49. The number of benzene rings is 1. The van der Waals surface area contributed by atoms with Crippen LogP contribution in [0.5, 0.6) is 5.75 Å². The van der Waals surface area contributed by atoms with Gasteiger partial charge in [-0.3, -0.25) is 14.5 Å².